The summed E-state index contributed by atoms with van der Waals surface area (Å²) in [6.07, 6.45) is 19.2. The second kappa shape index (κ2) is 16.7. The van der Waals surface area contributed by atoms with E-state index in [0.717, 1.165) is 56.4 Å². The molecule has 6 aliphatic carbocycles. The van der Waals surface area contributed by atoms with Crippen molar-refractivity contribution in [2.45, 2.75) is 131 Å². The van der Waals surface area contributed by atoms with Gasteiger partial charge >= 0.3 is 0 Å². The molecule has 332 valence electrons. The van der Waals surface area contributed by atoms with Gasteiger partial charge in [-0.15, -0.1) is 0 Å². The molecule has 1 saturated heterocycles. The summed E-state index contributed by atoms with van der Waals surface area (Å²) in [6, 6.07) is 8.19. The number of sulfone groups is 1. The van der Waals surface area contributed by atoms with Crippen LogP contribution in [0.2, 0.25) is 0 Å². The molecule has 6 nitrogen and oxygen atoms in total. The van der Waals surface area contributed by atoms with Crippen LogP contribution < -0.4 is 5.32 Å². The van der Waals surface area contributed by atoms with Crippen LogP contribution in [0.25, 0.3) is 0 Å². The van der Waals surface area contributed by atoms with Gasteiger partial charge in [-0.2, -0.15) is 0 Å². The summed E-state index contributed by atoms with van der Waals surface area (Å²) >= 11 is 0. The van der Waals surface area contributed by atoms with E-state index in [9.17, 15) is 17.6 Å². The van der Waals surface area contributed by atoms with Crippen molar-refractivity contribution in [1.29, 1.82) is 0 Å². The molecule has 8 rings (SSSR count). The topological polar surface area (TPSA) is 75.7 Å². The molecule has 0 spiro atoms. The average Bonchev–Trinajstić information content (AvgIpc) is 3.60. The lowest BCUT2D eigenvalue weighted by atomic mass is 9.32. The Labute approximate surface area is 362 Å². The van der Waals surface area contributed by atoms with Crippen molar-refractivity contribution in [3.05, 3.63) is 70.8 Å². The Morgan fingerprint density at radius 3 is 2.47 bits per heavy atom. The highest BCUT2D eigenvalue weighted by Gasteiger charge is 2.70. The highest BCUT2D eigenvalue weighted by Crippen LogP contribution is 2.77. The van der Waals surface area contributed by atoms with Gasteiger partial charge in [0.2, 0.25) is 0 Å². The minimum atomic E-state index is -2.84. The quantitative estimate of drug-likeness (QED) is 0.121. The van der Waals surface area contributed by atoms with Crippen LogP contribution in [-0.4, -0.2) is 70.7 Å². The van der Waals surface area contributed by atoms with Gasteiger partial charge in [-0.25, -0.2) is 8.42 Å². The molecule has 1 unspecified atom stereocenters. The van der Waals surface area contributed by atoms with Gasteiger partial charge in [0.1, 0.15) is 6.61 Å². The van der Waals surface area contributed by atoms with Gasteiger partial charge in [-0.3, -0.25) is 9.18 Å². The first-order chi connectivity index (χ1) is 28.5. The first-order valence-corrected chi connectivity index (χ1v) is 25.7. The van der Waals surface area contributed by atoms with E-state index < -0.39 is 9.84 Å². The number of hydrogen-bond donors (Lipinski definition) is 1. The molecule has 0 amide bonds. The third-order valence-corrected chi connectivity index (χ3v) is 21.1. The van der Waals surface area contributed by atoms with Crippen molar-refractivity contribution in [2.75, 3.05) is 50.9 Å². The number of ether oxygens (including phenoxy) is 1. The number of nitrogens with zero attached hydrogens (tertiary/aromatic N) is 1. The van der Waals surface area contributed by atoms with Crippen LogP contribution in [0.15, 0.2) is 59.7 Å². The average molecular weight is 845 g/mol. The lowest BCUT2D eigenvalue weighted by Gasteiger charge is -2.72. The van der Waals surface area contributed by atoms with E-state index in [2.05, 4.69) is 76.6 Å². The van der Waals surface area contributed by atoms with Crippen LogP contribution in [0, 0.1) is 62.6 Å². The molecule has 1 aromatic carbocycles. The Kier molecular flexibility index (Phi) is 12.3. The number of carbonyl (C=O) groups excluding carboxylic acids is 1. The zero-order chi connectivity index (χ0) is 42.7. The molecule has 1 aliphatic heterocycles. The number of allylic oxidation sites excluding steroid dienone is 5. The molecule has 11 atom stereocenters. The van der Waals surface area contributed by atoms with E-state index in [1.165, 1.54) is 68.1 Å². The number of hydrogen-bond acceptors (Lipinski definition) is 6. The van der Waals surface area contributed by atoms with Gasteiger partial charge in [0.15, 0.2) is 9.84 Å². The molecular formula is C52H77FN2O4S. The molecular weight excluding hydrogens is 768 g/mol. The van der Waals surface area contributed by atoms with Crippen LogP contribution >= 0.6 is 0 Å². The minimum absolute atomic E-state index is 0.0146. The smallest absolute Gasteiger partial charge is 0.293 e. The molecule has 1 heterocycles. The number of rotatable bonds is 13. The maximum absolute atomic E-state index is 14.7. The summed E-state index contributed by atoms with van der Waals surface area (Å²) in [5, 5.41) is 4.00. The van der Waals surface area contributed by atoms with E-state index in [4.69, 9.17) is 4.74 Å². The Hall–Kier alpha value is -2.29. The maximum atomic E-state index is 14.7. The fourth-order valence-corrected chi connectivity index (χ4v) is 17.6. The van der Waals surface area contributed by atoms with Gasteiger partial charge in [0.25, 0.3) is 6.47 Å². The molecule has 0 bridgehead atoms. The van der Waals surface area contributed by atoms with Crippen LogP contribution in [0.5, 0.6) is 0 Å². The van der Waals surface area contributed by atoms with E-state index in [-0.39, 0.29) is 41.4 Å². The Balaban J connectivity index is 1.00. The first-order valence-electron chi connectivity index (χ1n) is 23.9. The summed E-state index contributed by atoms with van der Waals surface area (Å²) in [5.41, 5.74) is 7.58. The molecule has 8 heteroatoms. The van der Waals surface area contributed by atoms with Gasteiger partial charge < -0.3 is 15.0 Å². The van der Waals surface area contributed by atoms with Crippen LogP contribution in [0.4, 0.5) is 4.39 Å². The zero-order valence-electron chi connectivity index (χ0n) is 38.0. The lowest BCUT2D eigenvalue weighted by Crippen LogP contribution is -2.66. The fourth-order valence-electron chi connectivity index (χ4n) is 16.3. The monoisotopic (exact) mass is 845 g/mol. The third-order valence-electron chi connectivity index (χ3n) is 19.5. The van der Waals surface area contributed by atoms with Crippen LogP contribution in [-0.2, 0) is 26.0 Å². The maximum Gasteiger partial charge on any atom is 0.293 e. The van der Waals surface area contributed by atoms with Gasteiger partial charge in [-0.05, 0) is 188 Å². The summed E-state index contributed by atoms with van der Waals surface area (Å²) in [7, 11) is -2.84. The molecule has 7 aliphatic rings. The number of alkyl halides is 1. The van der Waals surface area contributed by atoms with E-state index in [1.807, 2.05) is 18.2 Å². The molecule has 0 radical (unpaired) electrons. The molecule has 1 aromatic rings. The normalized spacial score (nSPS) is 40.8. The van der Waals surface area contributed by atoms with Gasteiger partial charge in [0, 0.05) is 19.6 Å². The molecule has 60 heavy (non-hydrogen) atoms. The second-order valence-electron chi connectivity index (χ2n) is 22.4. The second-order valence-corrected chi connectivity index (χ2v) is 24.7. The standard InChI is InChI=1S/C52H77FN2O4S/c1-36(2)40-17-22-52(34-54-25-10-26-55-27-29-60(57,58)30-28-55)24-23-50(6)44(47(40)52)15-16-46-49(5)20-18-43(48(3,4)45(49)19-21-51(46,50)7)37-13-14-38(32-53)42(31-37)41-12-9-8-11-39(41)33-59-35-56/h8-9,11-13,18,35,38,40,42,44-47,54H,1,10,14-17,19-34H2,2-7H3/t38-,40+,42?,44-,45+,46-,47-,49+,50-,51-,52-/m1/s1. The first kappa shape index (κ1) is 44.3. The van der Waals surface area contributed by atoms with Gasteiger partial charge in [0.05, 0.1) is 18.2 Å². The minimum Gasteiger partial charge on any atom is -0.463 e. The van der Waals surface area contributed by atoms with Gasteiger partial charge in [-0.1, -0.05) is 83.2 Å². The SMILES string of the molecule is C=C(C)[C@@H]1CC[C@]2(CNCCCN3CCS(=O)(=O)CC3)CC[C@]3(C)[C@H](CC[C@@H]4[C@@]5(C)CC=C(C6=CC[C@H](CF)C(c7ccccc7COC=O)C6)C(C)(C)[C@@H]5CC[C@]43C)[C@@H]12. The largest absolute Gasteiger partial charge is 0.463 e. The van der Waals surface area contributed by atoms with Crippen molar-refractivity contribution in [3.8, 4) is 0 Å². The van der Waals surface area contributed by atoms with Crippen molar-refractivity contribution >= 4 is 16.3 Å². The van der Waals surface area contributed by atoms with Crippen molar-refractivity contribution in [2.24, 2.45) is 62.6 Å². The highest BCUT2D eigenvalue weighted by atomic mass is 32.2. The number of halogens is 1. The van der Waals surface area contributed by atoms with Crippen molar-refractivity contribution < 1.29 is 22.3 Å². The van der Waals surface area contributed by atoms with E-state index in [1.54, 1.807) is 0 Å². The summed E-state index contributed by atoms with van der Waals surface area (Å²) in [6.45, 7) is 25.1. The summed E-state index contributed by atoms with van der Waals surface area (Å²) in [4.78, 5) is 13.5. The van der Waals surface area contributed by atoms with Crippen molar-refractivity contribution in [1.82, 2.24) is 10.2 Å². The van der Waals surface area contributed by atoms with Crippen LogP contribution in [0.3, 0.4) is 0 Å². The fraction of sp³-hybridized carbons (Fsp3) is 0.750. The molecule has 1 N–H and O–H groups in total. The third kappa shape index (κ3) is 7.44. The Bertz CT molecular complexity index is 1940. The van der Waals surface area contributed by atoms with E-state index in [0.29, 0.717) is 71.5 Å². The molecule has 5 fully saturated rings. The number of benzene rings is 1. The molecule has 4 saturated carbocycles. The summed E-state index contributed by atoms with van der Waals surface area (Å²) < 4.78 is 43.8. The number of carbonyl (C=O) groups is 1. The Morgan fingerprint density at radius 1 is 0.967 bits per heavy atom. The lowest BCUT2D eigenvalue weighted by molar-refractivity contribution is -0.226. The number of fused-ring (bicyclic) bond motifs is 7. The number of nitrogens with one attached hydrogen (secondary N) is 1. The zero-order valence-corrected chi connectivity index (χ0v) is 38.8. The highest BCUT2D eigenvalue weighted by molar-refractivity contribution is 7.91. The van der Waals surface area contributed by atoms with E-state index >= 15 is 0 Å². The summed E-state index contributed by atoms with van der Waals surface area (Å²) in [5.74, 6) is 3.87. The predicted molar refractivity (Wildman–Crippen MR) is 242 cm³/mol. The Morgan fingerprint density at radius 2 is 1.73 bits per heavy atom. The van der Waals surface area contributed by atoms with Crippen LogP contribution in [0.1, 0.15) is 136 Å². The van der Waals surface area contributed by atoms with Crippen molar-refractivity contribution in [3.63, 3.8) is 0 Å². The molecule has 0 aromatic heterocycles. The predicted octanol–water partition coefficient (Wildman–Crippen LogP) is 10.7.